The van der Waals surface area contributed by atoms with Crippen LogP contribution in [0.15, 0.2) is 23.2 Å². The third-order valence-electron chi connectivity index (χ3n) is 2.55. The standard InChI is InChI=1S/C11H17N3O2S2/c1-8(10(12)17)7-14(2)11-9(18(3,15)16)5-4-6-13-11/h4-6,8H,7H2,1-3H3,(H2,12,17). The lowest BCUT2D eigenvalue weighted by atomic mass is 10.2. The third kappa shape index (κ3) is 3.64. The van der Waals surface area contributed by atoms with Crippen molar-refractivity contribution in [3.05, 3.63) is 18.3 Å². The molecule has 1 rings (SSSR count). The van der Waals surface area contributed by atoms with Gasteiger partial charge < -0.3 is 10.6 Å². The molecule has 1 heterocycles. The first kappa shape index (κ1) is 14.8. The highest BCUT2D eigenvalue weighted by molar-refractivity contribution is 7.90. The second kappa shape index (κ2) is 5.62. The molecule has 1 unspecified atom stereocenters. The molecule has 0 aliphatic carbocycles. The quantitative estimate of drug-likeness (QED) is 0.809. The number of sulfone groups is 1. The van der Waals surface area contributed by atoms with Gasteiger partial charge in [0.1, 0.15) is 10.7 Å². The van der Waals surface area contributed by atoms with Crippen LogP contribution in [0.1, 0.15) is 6.92 Å². The van der Waals surface area contributed by atoms with Crippen LogP contribution in [0.5, 0.6) is 0 Å². The van der Waals surface area contributed by atoms with Crippen LogP contribution < -0.4 is 10.6 Å². The summed E-state index contributed by atoms with van der Waals surface area (Å²) in [4.78, 5) is 6.48. The number of anilines is 1. The van der Waals surface area contributed by atoms with Crippen molar-refractivity contribution in [1.82, 2.24) is 4.98 Å². The van der Waals surface area contributed by atoms with Crippen molar-refractivity contribution in [2.75, 3.05) is 24.7 Å². The normalized spacial score (nSPS) is 13.1. The van der Waals surface area contributed by atoms with Crippen molar-refractivity contribution in [2.24, 2.45) is 11.7 Å². The smallest absolute Gasteiger partial charge is 0.179 e. The summed E-state index contributed by atoms with van der Waals surface area (Å²) in [6.45, 7) is 2.41. The molecule has 0 aliphatic heterocycles. The Morgan fingerprint density at radius 3 is 2.72 bits per heavy atom. The van der Waals surface area contributed by atoms with Gasteiger partial charge in [0.25, 0.3) is 0 Å². The lowest BCUT2D eigenvalue weighted by Gasteiger charge is -2.23. The molecule has 2 N–H and O–H groups in total. The molecule has 1 aromatic rings. The number of nitrogens with two attached hydrogens (primary N) is 1. The summed E-state index contributed by atoms with van der Waals surface area (Å²) in [5.41, 5.74) is 5.55. The molecule has 0 bridgehead atoms. The molecule has 0 saturated carbocycles. The zero-order chi connectivity index (χ0) is 13.9. The van der Waals surface area contributed by atoms with E-state index in [4.69, 9.17) is 18.0 Å². The summed E-state index contributed by atoms with van der Waals surface area (Å²) in [6.07, 6.45) is 2.73. The fourth-order valence-corrected chi connectivity index (χ4v) is 2.49. The molecule has 18 heavy (non-hydrogen) atoms. The molecule has 5 nitrogen and oxygen atoms in total. The number of thiocarbonyl (C=S) groups is 1. The second-order valence-corrected chi connectivity index (χ2v) is 6.74. The molecule has 0 aliphatic rings. The Morgan fingerprint density at radius 1 is 1.61 bits per heavy atom. The Bertz CT molecular complexity index is 543. The summed E-state index contributed by atoms with van der Waals surface area (Å²) in [6, 6.07) is 3.14. The minimum atomic E-state index is -3.30. The predicted octanol–water partition coefficient (Wildman–Crippen LogP) is 0.843. The third-order valence-corrected chi connectivity index (χ3v) is 4.07. The maximum Gasteiger partial charge on any atom is 0.179 e. The maximum atomic E-state index is 11.7. The topological polar surface area (TPSA) is 76.3 Å². The minimum Gasteiger partial charge on any atom is -0.393 e. The van der Waals surface area contributed by atoms with Gasteiger partial charge >= 0.3 is 0 Å². The van der Waals surface area contributed by atoms with E-state index in [1.54, 1.807) is 30.3 Å². The molecular formula is C11H17N3O2S2. The van der Waals surface area contributed by atoms with E-state index in [9.17, 15) is 8.42 Å². The SMILES string of the molecule is CC(CN(C)c1ncccc1S(C)(=O)=O)C(N)=S. The monoisotopic (exact) mass is 287 g/mol. The lowest BCUT2D eigenvalue weighted by molar-refractivity contribution is 0.600. The van der Waals surface area contributed by atoms with Crippen LogP contribution in [0.25, 0.3) is 0 Å². The highest BCUT2D eigenvalue weighted by atomic mass is 32.2. The summed E-state index contributed by atoms with van der Waals surface area (Å²) in [5, 5.41) is 0. The number of nitrogens with zero attached hydrogens (tertiary/aromatic N) is 2. The van der Waals surface area contributed by atoms with Crippen LogP contribution >= 0.6 is 12.2 Å². The molecule has 1 atom stereocenters. The Balaban J connectivity index is 3.07. The van der Waals surface area contributed by atoms with Gasteiger partial charge in [0.2, 0.25) is 0 Å². The number of aromatic nitrogens is 1. The predicted molar refractivity (Wildman–Crippen MR) is 76.6 cm³/mol. The van der Waals surface area contributed by atoms with E-state index in [0.717, 1.165) is 0 Å². The van der Waals surface area contributed by atoms with E-state index < -0.39 is 9.84 Å². The van der Waals surface area contributed by atoms with Crippen molar-refractivity contribution < 1.29 is 8.42 Å². The zero-order valence-corrected chi connectivity index (χ0v) is 12.3. The molecule has 100 valence electrons. The van der Waals surface area contributed by atoms with Crippen LogP contribution in [0.3, 0.4) is 0 Å². The van der Waals surface area contributed by atoms with E-state index in [-0.39, 0.29) is 10.8 Å². The first-order valence-electron chi connectivity index (χ1n) is 5.39. The van der Waals surface area contributed by atoms with Gasteiger partial charge in [-0.1, -0.05) is 19.1 Å². The fraction of sp³-hybridized carbons (Fsp3) is 0.455. The molecule has 0 amide bonds. The average molecular weight is 287 g/mol. The van der Waals surface area contributed by atoms with Crippen molar-refractivity contribution >= 4 is 32.9 Å². The van der Waals surface area contributed by atoms with Gasteiger partial charge in [-0.3, -0.25) is 0 Å². The van der Waals surface area contributed by atoms with Crippen molar-refractivity contribution in [3.63, 3.8) is 0 Å². The van der Waals surface area contributed by atoms with E-state index in [1.807, 2.05) is 6.92 Å². The van der Waals surface area contributed by atoms with Crippen molar-refractivity contribution in [2.45, 2.75) is 11.8 Å². The molecule has 0 saturated heterocycles. The highest BCUT2D eigenvalue weighted by Gasteiger charge is 2.18. The van der Waals surface area contributed by atoms with Gasteiger partial charge in [-0.25, -0.2) is 13.4 Å². The molecule has 7 heteroatoms. The van der Waals surface area contributed by atoms with Gasteiger partial charge in [0.15, 0.2) is 9.84 Å². The minimum absolute atomic E-state index is 0.0144. The molecule has 0 fully saturated rings. The zero-order valence-electron chi connectivity index (χ0n) is 10.6. The van der Waals surface area contributed by atoms with Gasteiger partial charge in [0, 0.05) is 32.0 Å². The summed E-state index contributed by atoms with van der Waals surface area (Å²) in [7, 11) is -1.53. The fourth-order valence-electron chi connectivity index (χ4n) is 1.55. The Morgan fingerprint density at radius 2 is 2.22 bits per heavy atom. The molecular weight excluding hydrogens is 270 g/mol. The Labute approximate surface area is 113 Å². The highest BCUT2D eigenvalue weighted by Crippen LogP contribution is 2.21. The van der Waals surface area contributed by atoms with Crippen LogP contribution in [-0.4, -0.2) is 38.2 Å². The number of pyridine rings is 1. The second-order valence-electron chi connectivity index (χ2n) is 4.28. The summed E-state index contributed by atoms with van der Waals surface area (Å²) < 4.78 is 23.3. The van der Waals surface area contributed by atoms with Gasteiger partial charge in [-0.2, -0.15) is 0 Å². The van der Waals surface area contributed by atoms with Crippen LogP contribution in [-0.2, 0) is 9.84 Å². The maximum absolute atomic E-state index is 11.7. The van der Waals surface area contributed by atoms with Crippen molar-refractivity contribution in [1.29, 1.82) is 0 Å². The number of hydrogen-bond donors (Lipinski definition) is 1. The molecule has 0 spiro atoms. The Kier molecular flexibility index (Phi) is 4.64. The van der Waals surface area contributed by atoms with Crippen LogP contribution in [0.2, 0.25) is 0 Å². The molecule has 0 radical (unpaired) electrons. The summed E-state index contributed by atoms with van der Waals surface area (Å²) in [5.74, 6) is 0.405. The van der Waals surface area contributed by atoms with E-state index in [2.05, 4.69) is 4.98 Å². The first-order valence-corrected chi connectivity index (χ1v) is 7.69. The van der Waals surface area contributed by atoms with E-state index in [1.165, 1.54) is 6.26 Å². The van der Waals surface area contributed by atoms with E-state index >= 15 is 0 Å². The van der Waals surface area contributed by atoms with Crippen LogP contribution in [0, 0.1) is 5.92 Å². The van der Waals surface area contributed by atoms with Gasteiger partial charge in [-0.15, -0.1) is 0 Å². The Hall–Kier alpha value is -1.21. The lowest BCUT2D eigenvalue weighted by Crippen LogP contribution is -2.32. The largest absolute Gasteiger partial charge is 0.393 e. The van der Waals surface area contributed by atoms with Gasteiger partial charge in [-0.05, 0) is 12.1 Å². The number of hydrogen-bond acceptors (Lipinski definition) is 5. The molecule has 0 aromatic carbocycles. The van der Waals surface area contributed by atoms with Crippen LogP contribution in [0.4, 0.5) is 5.82 Å². The summed E-state index contributed by atoms with van der Waals surface area (Å²) >= 11 is 4.91. The van der Waals surface area contributed by atoms with E-state index in [0.29, 0.717) is 17.4 Å². The molecule has 1 aromatic heterocycles. The first-order chi connectivity index (χ1) is 8.23. The number of rotatable bonds is 5. The van der Waals surface area contributed by atoms with Gasteiger partial charge in [0.05, 0.1) is 4.99 Å². The average Bonchev–Trinajstić information content (AvgIpc) is 2.27. The van der Waals surface area contributed by atoms with Crippen molar-refractivity contribution in [3.8, 4) is 0 Å².